The number of halogens is 1. The van der Waals surface area contributed by atoms with Crippen LogP contribution in [0.3, 0.4) is 0 Å². The zero-order valence-electron chi connectivity index (χ0n) is 11.8. The van der Waals surface area contributed by atoms with Crippen molar-refractivity contribution in [2.45, 2.75) is 38.6 Å². The van der Waals surface area contributed by atoms with E-state index in [9.17, 15) is 4.39 Å². The highest BCUT2D eigenvalue weighted by atomic mass is 19.1. The van der Waals surface area contributed by atoms with Crippen LogP contribution in [0.1, 0.15) is 30.0 Å². The molecule has 0 aliphatic carbocycles. The second-order valence-corrected chi connectivity index (χ2v) is 5.70. The van der Waals surface area contributed by atoms with Crippen LogP contribution in [0.25, 0.3) is 0 Å². The average molecular weight is 269 g/mol. The predicted molar refractivity (Wildman–Crippen MR) is 81.7 cm³/mol. The van der Waals surface area contributed by atoms with Gasteiger partial charge in [0.25, 0.3) is 0 Å². The first-order valence-electron chi connectivity index (χ1n) is 7.33. The van der Waals surface area contributed by atoms with E-state index in [0.717, 1.165) is 19.3 Å². The molecule has 1 heterocycles. The molecule has 1 unspecified atom stereocenters. The average Bonchev–Trinajstić information content (AvgIpc) is 2.46. The lowest BCUT2D eigenvalue weighted by Gasteiger charge is -2.24. The summed E-state index contributed by atoms with van der Waals surface area (Å²) in [4.78, 5) is 0. The van der Waals surface area contributed by atoms with Crippen molar-refractivity contribution in [2.75, 3.05) is 5.32 Å². The molecule has 0 saturated heterocycles. The van der Waals surface area contributed by atoms with Gasteiger partial charge in [0.15, 0.2) is 0 Å². The molecule has 1 aliphatic rings. The van der Waals surface area contributed by atoms with E-state index >= 15 is 0 Å². The maximum Gasteiger partial charge on any atom is 0.123 e. The van der Waals surface area contributed by atoms with E-state index in [-0.39, 0.29) is 5.82 Å². The molecular formula is C18H20FN. The predicted octanol–water partition coefficient (Wildman–Crippen LogP) is 4.36. The zero-order chi connectivity index (χ0) is 13.9. The van der Waals surface area contributed by atoms with Gasteiger partial charge >= 0.3 is 0 Å². The Kier molecular flexibility index (Phi) is 3.72. The van der Waals surface area contributed by atoms with Gasteiger partial charge in [0, 0.05) is 11.7 Å². The topological polar surface area (TPSA) is 12.0 Å². The molecule has 3 rings (SSSR count). The third-order valence-corrected chi connectivity index (χ3v) is 4.03. The Morgan fingerprint density at radius 3 is 2.55 bits per heavy atom. The van der Waals surface area contributed by atoms with Gasteiger partial charge in [0.1, 0.15) is 5.82 Å². The highest BCUT2D eigenvalue weighted by Gasteiger charge is 2.13. The van der Waals surface area contributed by atoms with E-state index in [0.29, 0.717) is 6.04 Å². The van der Waals surface area contributed by atoms with Crippen LogP contribution in [0.2, 0.25) is 0 Å². The fourth-order valence-corrected chi connectivity index (χ4v) is 2.80. The van der Waals surface area contributed by atoms with Crippen LogP contribution in [-0.4, -0.2) is 6.04 Å². The summed E-state index contributed by atoms with van der Waals surface area (Å²) in [6.07, 6.45) is 4.33. The van der Waals surface area contributed by atoms with Gasteiger partial charge in [0.05, 0.1) is 0 Å². The van der Waals surface area contributed by atoms with Crippen molar-refractivity contribution in [2.24, 2.45) is 0 Å². The van der Waals surface area contributed by atoms with Crippen molar-refractivity contribution in [3.8, 4) is 0 Å². The van der Waals surface area contributed by atoms with Crippen molar-refractivity contribution >= 4 is 5.69 Å². The Morgan fingerprint density at radius 1 is 1.05 bits per heavy atom. The number of fused-ring (bicyclic) bond motifs is 1. The van der Waals surface area contributed by atoms with E-state index in [1.165, 1.54) is 40.9 Å². The van der Waals surface area contributed by atoms with Crippen LogP contribution >= 0.6 is 0 Å². The fourth-order valence-electron chi connectivity index (χ4n) is 2.80. The number of anilines is 1. The SMILES string of the molecule is CC1CCc2cc(CCc3ccc(F)cc3)ccc2N1. The summed E-state index contributed by atoms with van der Waals surface area (Å²) >= 11 is 0. The van der Waals surface area contributed by atoms with Gasteiger partial charge in [-0.15, -0.1) is 0 Å². The molecule has 0 radical (unpaired) electrons. The van der Waals surface area contributed by atoms with Gasteiger partial charge in [-0.05, 0) is 67.5 Å². The van der Waals surface area contributed by atoms with E-state index in [2.05, 4.69) is 30.4 Å². The Bertz CT molecular complexity index is 589. The van der Waals surface area contributed by atoms with Crippen LogP contribution in [0.4, 0.5) is 10.1 Å². The molecule has 2 aromatic rings. The quantitative estimate of drug-likeness (QED) is 0.873. The summed E-state index contributed by atoms with van der Waals surface area (Å²) in [5, 5.41) is 3.53. The van der Waals surface area contributed by atoms with Crippen LogP contribution in [-0.2, 0) is 19.3 Å². The Balaban J connectivity index is 1.67. The summed E-state index contributed by atoms with van der Waals surface area (Å²) in [6, 6.07) is 14.1. The number of aryl methyl sites for hydroxylation is 3. The second-order valence-electron chi connectivity index (χ2n) is 5.70. The molecule has 0 amide bonds. The molecular weight excluding hydrogens is 249 g/mol. The molecule has 0 fully saturated rings. The van der Waals surface area contributed by atoms with Gasteiger partial charge in [0.2, 0.25) is 0 Å². The normalized spacial score (nSPS) is 17.4. The minimum atomic E-state index is -0.164. The summed E-state index contributed by atoms with van der Waals surface area (Å²) in [5.74, 6) is -0.164. The van der Waals surface area contributed by atoms with Gasteiger partial charge in [-0.25, -0.2) is 4.39 Å². The molecule has 2 heteroatoms. The lowest BCUT2D eigenvalue weighted by atomic mass is 9.95. The van der Waals surface area contributed by atoms with Crippen LogP contribution < -0.4 is 5.32 Å². The zero-order valence-corrected chi connectivity index (χ0v) is 11.8. The largest absolute Gasteiger partial charge is 0.382 e. The monoisotopic (exact) mass is 269 g/mol. The molecule has 1 nitrogen and oxygen atoms in total. The maximum atomic E-state index is 12.9. The summed E-state index contributed by atoms with van der Waals surface area (Å²) in [6.45, 7) is 2.23. The summed E-state index contributed by atoms with van der Waals surface area (Å²) in [7, 11) is 0. The number of rotatable bonds is 3. The van der Waals surface area contributed by atoms with Crippen LogP contribution in [0, 0.1) is 5.82 Å². The van der Waals surface area contributed by atoms with Crippen LogP contribution in [0.15, 0.2) is 42.5 Å². The number of nitrogens with one attached hydrogen (secondary N) is 1. The van der Waals surface area contributed by atoms with Crippen molar-refractivity contribution in [3.05, 3.63) is 65.0 Å². The molecule has 20 heavy (non-hydrogen) atoms. The van der Waals surface area contributed by atoms with Crippen molar-refractivity contribution in [1.29, 1.82) is 0 Å². The van der Waals surface area contributed by atoms with Crippen molar-refractivity contribution < 1.29 is 4.39 Å². The van der Waals surface area contributed by atoms with E-state index in [1.54, 1.807) is 0 Å². The first kappa shape index (κ1) is 13.2. The molecule has 1 N–H and O–H groups in total. The number of hydrogen-bond donors (Lipinski definition) is 1. The molecule has 0 saturated carbocycles. The Morgan fingerprint density at radius 2 is 1.75 bits per heavy atom. The lowest BCUT2D eigenvalue weighted by Crippen LogP contribution is -2.21. The van der Waals surface area contributed by atoms with Gasteiger partial charge < -0.3 is 5.32 Å². The molecule has 1 aliphatic heterocycles. The molecule has 0 bridgehead atoms. The second kappa shape index (κ2) is 5.66. The first-order valence-corrected chi connectivity index (χ1v) is 7.33. The standard InChI is InChI=1S/C18H20FN/c1-13-2-8-16-12-15(7-11-18(16)20-13)4-3-14-5-9-17(19)10-6-14/h5-7,9-13,20H,2-4,8H2,1H3. The smallest absolute Gasteiger partial charge is 0.123 e. The molecule has 0 spiro atoms. The van der Waals surface area contributed by atoms with E-state index in [4.69, 9.17) is 0 Å². The van der Waals surface area contributed by atoms with Crippen molar-refractivity contribution in [3.63, 3.8) is 0 Å². The minimum absolute atomic E-state index is 0.164. The molecule has 1 atom stereocenters. The summed E-state index contributed by atoms with van der Waals surface area (Å²) < 4.78 is 12.9. The lowest BCUT2D eigenvalue weighted by molar-refractivity contribution is 0.627. The van der Waals surface area contributed by atoms with Gasteiger partial charge in [-0.3, -0.25) is 0 Å². The highest BCUT2D eigenvalue weighted by Crippen LogP contribution is 2.26. The molecule has 2 aromatic carbocycles. The minimum Gasteiger partial charge on any atom is -0.382 e. The summed E-state index contributed by atoms with van der Waals surface area (Å²) in [5.41, 5.74) is 5.27. The third kappa shape index (κ3) is 3.01. The van der Waals surface area contributed by atoms with Gasteiger partial charge in [-0.1, -0.05) is 24.3 Å². The fraction of sp³-hybridized carbons (Fsp3) is 0.333. The van der Waals surface area contributed by atoms with E-state index < -0.39 is 0 Å². The Labute approximate surface area is 119 Å². The first-order chi connectivity index (χ1) is 9.70. The number of hydrogen-bond acceptors (Lipinski definition) is 1. The Hall–Kier alpha value is -1.83. The van der Waals surface area contributed by atoms with Gasteiger partial charge in [-0.2, -0.15) is 0 Å². The van der Waals surface area contributed by atoms with Crippen LogP contribution in [0.5, 0.6) is 0 Å². The maximum absolute atomic E-state index is 12.9. The third-order valence-electron chi connectivity index (χ3n) is 4.03. The highest BCUT2D eigenvalue weighted by molar-refractivity contribution is 5.55. The number of benzene rings is 2. The molecule has 0 aromatic heterocycles. The van der Waals surface area contributed by atoms with E-state index in [1.807, 2.05) is 12.1 Å². The molecule has 104 valence electrons. The van der Waals surface area contributed by atoms with Crippen molar-refractivity contribution in [1.82, 2.24) is 0 Å².